The van der Waals surface area contributed by atoms with Crippen LogP contribution < -0.4 is 0 Å². The molecule has 1 aliphatic rings. The molecule has 0 aromatic carbocycles. The summed E-state index contributed by atoms with van der Waals surface area (Å²) in [6, 6.07) is 0. The quantitative estimate of drug-likeness (QED) is 0.533. The van der Waals surface area contributed by atoms with E-state index in [-0.39, 0.29) is 11.5 Å². The fourth-order valence-corrected chi connectivity index (χ4v) is 1.09. The Labute approximate surface area is 54.2 Å². The highest BCUT2D eigenvalue weighted by Gasteiger charge is 2.44. The van der Waals surface area contributed by atoms with Gasteiger partial charge in [-0.1, -0.05) is 0 Å². The number of aliphatic hydroxyl groups is 1. The largest absolute Gasteiger partial charge is 0.511 e. The molecule has 50 valence electrons. The van der Waals surface area contributed by atoms with Crippen LogP contribution in [0.15, 0.2) is 11.3 Å². The molecule has 1 N–H and O–H groups in total. The number of hydrogen-bond acceptors (Lipinski definition) is 2. The molecule has 0 saturated carbocycles. The number of carbonyl (C=O) groups excluding carboxylic acids is 1. The number of aliphatic hydroxyl groups excluding tert-OH is 1. The van der Waals surface area contributed by atoms with Gasteiger partial charge in [0.1, 0.15) is 5.76 Å². The van der Waals surface area contributed by atoms with Gasteiger partial charge in [0.25, 0.3) is 0 Å². The van der Waals surface area contributed by atoms with Crippen molar-refractivity contribution in [1.82, 2.24) is 0 Å². The van der Waals surface area contributed by atoms with Crippen LogP contribution in [-0.2, 0) is 4.79 Å². The van der Waals surface area contributed by atoms with Gasteiger partial charge in [-0.25, -0.2) is 0 Å². The predicted octanol–water partition coefficient (Wildman–Crippen LogP) is 1.43. The Morgan fingerprint density at radius 2 is 1.89 bits per heavy atom. The third-order valence-corrected chi connectivity index (χ3v) is 1.86. The van der Waals surface area contributed by atoms with Crippen molar-refractivity contribution >= 4 is 5.78 Å². The molecule has 0 heterocycles. The molecule has 0 amide bonds. The zero-order chi connectivity index (χ0) is 7.23. The van der Waals surface area contributed by atoms with Crippen molar-refractivity contribution < 1.29 is 9.90 Å². The van der Waals surface area contributed by atoms with Gasteiger partial charge in [-0.05, 0) is 20.8 Å². The Kier molecular flexibility index (Phi) is 0.969. The maximum absolute atomic E-state index is 10.9. The Morgan fingerprint density at radius 3 is 2.00 bits per heavy atom. The molecule has 9 heavy (non-hydrogen) atoms. The Hall–Kier alpha value is -0.790. The number of rotatable bonds is 0. The van der Waals surface area contributed by atoms with E-state index in [9.17, 15) is 4.79 Å². The Morgan fingerprint density at radius 1 is 1.44 bits per heavy atom. The zero-order valence-electron chi connectivity index (χ0n) is 5.86. The number of carbonyl (C=O) groups is 1. The standard InChI is InChI=1S/C7H10O2/c1-4-5(8)7(2,3)6(4)9/h8H,1-3H3. The molecule has 0 bridgehead atoms. The van der Waals surface area contributed by atoms with E-state index in [0.29, 0.717) is 5.57 Å². The van der Waals surface area contributed by atoms with Gasteiger partial charge in [0.05, 0.1) is 5.41 Å². The van der Waals surface area contributed by atoms with E-state index < -0.39 is 5.41 Å². The summed E-state index contributed by atoms with van der Waals surface area (Å²) in [5, 5.41) is 9.07. The molecule has 0 aromatic heterocycles. The molecule has 1 rings (SSSR count). The van der Waals surface area contributed by atoms with Crippen LogP contribution in [0.1, 0.15) is 20.8 Å². The van der Waals surface area contributed by atoms with Crippen LogP contribution in [0.4, 0.5) is 0 Å². The van der Waals surface area contributed by atoms with E-state index in [1.165, 1.54) is 0 Å². The van der Waals surface area contributed by atoms with Crippen molar-refractivity contribution in [2.24, 2.45) is 5.41 Å². The van der Waals surface area contributed by atoms with Gasteiger partial charge in [0, 0.05) is 5.57 Å². The molecular formula is C7H10O2. The van der Waals surface area contributed by atoms with Gasteiger partial charge >= 0.3 is 0 Å². The maximum atomic E-state index is 10.9. The average molecular weight is 126 g/mol. The first-order valence-corrected chi connectivity index (χ1v) is 2.93. The molecule has 0 fully saturated rings. The summed E-state index contributed by atoms with van der Waals surface area (Å²) in [6.07, 6.45) is 0. The molecule has 0 unspecified atom stereocenters. The smallest absolute Gasteiger partial charge is 0.175 e. The molecule has 0 atom stereocenters. The predicted molar refractivity (Wildman–Crippen MR) is 34.1 cm³/mol. The van der Waals surface area contributed by atoms with Gasteiger partial charge in [-0.3, -0.25) is 4.79 Å². The second-order valence-electron chi connectivity index (χ2n) is 2.93. The molecule has 0 aromatic rings. The number of hydrogen-bond donors (Lipinski definition) is 1. The molecule has 0 aliphatic heterocycles. The van der Waals surface area contributed by atoms with Crippen LogP contribution in [0.5, 0.6) is 0 Å². The van der Waals surface area contributed by atoms with Crippen LogP contribution in [0.25, 0.3) is 0 Å². The fourth-order valence-electron chi connectivity index (χ4n) is 1.09. The lowest BCUT2D eigenvalue weighted by Gasteiger charge is -2.32. The highest BCUT2D eigenvalue weighted by molar-refractivity contribution is 6.08. The minimum atomic E-state index is -0.593. The number of Topliss-reactive ketones (excluding diaryl/α,β-unsaturated/α-hetero) is 1. The molecule has 0 spiro atoms. The normalized spacial score (nSPS) is 24.1. The van der Waals surface area contributed by atoms with Crippen LogP contribution in [0, 0.1) is 5.41 Å². The van der Waals surface area contributed by atoms with E-state index in [1.807, 2.05) is 0 Å². The summed E-state index contributed by atoms with van der Waals surface area (Å²) in [7, 11) is 0. The van der Waals surface area contributed by atoms with Crippen molar-refractivity contribution in [2.75, 3.05) is 0 Å². The lowest BCUT2D eigenvalue weighted by Crippen LogP contribution is -2.38. The van der Waals surface area contributed by atoms with Crippen molar-refractivity contribution in [3.05, 3.63) is 11.3 Å². The minimum absolute atomic E-state index is 0.0556. The van der Waals surface area contributed by atoms with Gasteiger partial charge < -0.3 is 5.11 Å². The number of ketones is 1. The first-order chi connectivity index (χ1) is 3.98. The SMILES string of the molecule is CC1=C(O)C(C)(C)C1=O. The topological polar surface area (TPSA) is 37.3 Å². The summed E-state index contributed by atoms with van der Waals surface area (Å²) < 4.78 is 0. The molecule has 2 heteroatoms. The molecule has 1 aliphatic carbocycles. The lowest BCUT2D eigenvalue weighted by molar-refractivity contribution is -0.126. The van der Waals surface area contributed by atoms with Gasteiger partial charge in [-0.2, -0.15) is 0 Å². The van der Waals surface area contributed by atoms with Crippen LogP contribution in [0.3, 0.4) is 0 Å². The summed E-state index contributed by atoms with van der Waals surface area (Å²) in [5.41, 5.74) is -0.0793. The second kappa shape index (κ2) is 1.38. The van der Waals surface area contributed by atoms with Gasteiger partial charge in [-0.15, -0.1) is 0 Å². The van der Waals surface area contributed by atoms with Gasteiger partial charge in [0.2, 0.25) is 0 Å². The molecule has 2 nitrogen and oxygen atoms in total. The lowest BCUT2D eigenvalue weighted by atomic mass is 9.71. The minimum Gasteiger partial charge on any atom is -0.511 e. The number of allylic oxidation sites excluding steroid dienone is 2. The molecular weight excluding hydrogens is 116 g/mol. The Bertz CT molecular complexity index is 199. The van der Waals surface area contributed by atoms with E-state index in [4.69, 9.17) is 5.11 Å². The van der Waals surface area contributed by atoms with E-state index >= 15 is 0 Å². The third kappa shape index (κ3) is 0.530. The zero-order valence-corrected chi connectivity index (χ0v) is 5.86. The van der Waals surface area contributed by atoms with Crippen LogP contribution >= 0.6 is 0 Å². The molecule has 0 radical (unpaired) electrons. The van der Waals surface area contributed by atoms with Crippen molar-refractivity contribution in [3.63, 3.8) is 0 Å². The first-order valence-electron chi connectivity index (χ1n) is 2.93. The maximum Gasteiger partial charge on any atom is 0.175 e. The van der Waals surface area contributed by atoms with Crippen molar-refractivity contribution in [1.29, 1.82) is 0 Å². The first kappa shape index (κ1) is 6.33. The monoisotopic (exact) mass is 126 g/mol. The average Bonchev–Trinajstić information content (AvgIpc) is 1.84. The molecule has 0 saturated heterocycles. The van der Waals surface area contributed by atoms with E-state index in [0.717, 1.165) is 0 Å². The third-order valence-electron chi connectivity index (χ3n) is 1.86. The summed E-state index contributed by atoms with van der Waals surface area (Å²) in [5.74, 6) is 0.299. The summed E-state index contributed by atoms with van der Waals surface area (Å²) >= 11 is 0. The van der Waals surface area contributed by atoms with Crippen molar-refractivity contribution in [3.8, 4) is 0 Å². The van der Waals surface area contributed by atoms with Crippen LogP contribution in [-0.4, -0.2) is 10.9 Å². The van der Waals surface area contributed by atoms with Crippen molar-refractivity contribution in [2.45, 2.75) is 20.8 Å². The highest BCUT2D eigenvalue weighted by Crippen LogP contribution is 2.39. The Balaban J connectivity index is 3.06. The van der Waals surface area contributed by atoms with E-state index in [1.54, 1.807) is 20.8 Å². The second-order valence-corrected chi connectivity index (χ2v) is 2.93. The summed E-state index contributed by atoms with van der Waals surface area (Å²) in [4.78, 5) is 10.9. The fraction of sp³-hybridized carbons (Fsp3) is 0.571. The van der Waals surface area contributed by atoms with E-state index in [2.05, 4.69) is 0 Å². The van der Waals surface area contributed by atoms with Gasteiger partial charge in [0.15, 0.2) is 5.78 Å². The van der Waals surface area contributed by atoms with Crippen LogP contribution in [0.2, 0.25) is 0 Å². The summed E-state index contributed by atoms with van der Waals surface area (Å²) in [6.45, 7) is 5.08. The highest BCUT2D eigenvalue weighted by atomic mass is 16.3.